The number of carbonyl (C=O) groups is 1. The highest BCUT2D eigenvalue weighted by atomic mass is 35.5. The van der Waals surface area contributed by atoms with E-state index in [1.807, 2.05) is 30.4 Å². The van der Waals surface area contributed by atoms with E-state index in [9.17, 15) is 13.2 Å². The molecule has 0 aliphatic carbocycles. The molecule has 10 heteroatoms. The zero-order valence-corrected chi connectivity index (χ0v) is 19.8. The smallest absolute Gasteiger partial charge is 0.303 e. The van der Waals surface area contributed by atoms with Gasteiger partial charge in [-0.15, -0.1) is 12.4 Å². The van der Waals surface area contributed by atoms with E-state index >= 15 is 0 Å². The number of hydrogen-bond acceptors (Lipinski definition) is 5. The second kappa shape index (κ2) is 12.3. The van der Waals surface area contributed by atoms with Gasteiger partial charge >= 0.3 is 5.97 Å². The van der Waals surface area contributed by atoms with E-state index in [-0.39, 0.29) is 35.8 Å². The molecule has 0 radical (unpaired) electrons. The van der Waals surface area contributed by atoms with Crippen LogP contribution in [0, 0.1) is 0 Å². The molecule has 2 aromatic rings. The maximum absolute atomic E-state index is 12.8. The number of aromatic nitrogens is 1. The second-order valence-corrected chi connectivity index (χ2v) is 9.69. The largest absolute Gasteiger partial charge is 0.481 e. The monoisotopic (exact) mass is 499 g/mol. The Kier molecular flexibility index (Phi) is 10.1. The number of sulfonamides is 1. The van der Waals surface area contributed by atoms with Crippen molar-refractivity contribution in [2.24, 2.45) is 0 Å². The molecule has 0 spiro atoms. The molecule has 1 aromatic heterocycles. The van der Waals surface area contributed by atoms with Gasteiger partial charge in [-0.2, -0.15) is 0 Å². The number of allylic oxidation sites excluding steroid dienone is 1. The Bertz CT molecular complexity index is 1000. The Morgan fingerprint density at radius 3 is 2.66 bits per heavy atom. The fourth-order valence-corrected chi connectivity index (χ4v) is 4.99. The van der Waals surface area contributed by atoms with Gasteiger partial charge in [0.2, 0.25) is 10.0 Å². The first-order valence-corrected chi connectivity index (χ1v) is 12.0. The highest BCUT2D eigenvalue weighted by molar-refractivity contribution is 7.89. The van der Waals surface area contributed by atoms with E-state index in [0.717, 1.165) is 5.69 Å². The SMILES string of the molecule is Cl.O=C(O)CCC/C=C\[C@@H]1C[C@@H](NS(=O)(=O)c2ccc(Cl)cc2)CN1Cc1ccccn1. The van der Waals surface area contributed by atoms with Crippen LogP contribution in [0.4, 0.5) is 0 Å². The summed E-state index contributed by atoms with van der Waals surface area (Å²) >= 11 is 5.87. The Morgan fingerprint density at radius 2 is 2.00 bits per heavy atom. The first-order valence-electron chi connectivity index (χ1n) is 10.1. The summed E-state index contributed by atoms with van der Waals surface area (Å²) < 4.78 is 28.4. The lowest BCUT2D eigenvalue weighted by Gasteiger charge is -2.21. The summed E-state index contributed by atoms with van der Waals surface area (Å²) in [4.78, 5) is 17.4. The molecule has 7 nitrogen and oxygen atoms in total. The molecule has 0 bridgehead atoms. The number of nitrogens with zero attached hydrogens (tertiary/aromatic N) is 2. The van der Waals surface area contributed by atoms with Gasteiger partial charge in [0, 0.05) is 42.8 Å². The van der Waals surface area contributed by atoms with Crippen molar-refractivity contribution in [3.8, 4) is 0 Å². The zero-order chi connectivity index (χ0) is 22.3. The first kappa shape index (κ1) is 26.3. The summed E-state index contributed by atoms with van der Waals surface area (Å²) in [5.41, 5.74) is 0.910. The maximum atomic E-state index is 12.8. The number of rotatable bonds is 10. The Morgan fingerprint density at radius 1 is 1.25 bits per heavy atom. The average molecular weight is 500 g/mol. The highest BCUT2D eigenvalue weighted by Gasteiger charge is 2.33. The minimum Gasteiger partial charge on any atom is -0.481 e. The second-order valence-electron chi connectivity index (χ2n) is 7.54. The minimum atomic E-state index is -3.66. The minimum absolute atomic E-state index is 0. The van der Waals surface area contributed by atoms with Gasteiger partial charge < -0.3 is 5.11 Å². The molecule has 0 unspecified atom stereocenters. The Balaban J connectivity index is 0.00000363. The molecule has 2 heterocycles. The fourth-order valence-electron chi connectivity index (χ4n) is 3.63. The predicted octanol–water partition coefficient (Wildman–Crippen LogP) is 3.89. The molecule has 32 heavy (non-hydrogen) atoms. The molecule has 0 saturated carbocycles. The number of pyridine rings is 1. The molecular formula is C22H27Cl2N3O4S. The molecule has 1 aromatic carbocycles. The number of nitrogens with one attached hydrogen (secondary N) is 1. The van der Waals surface area contributed by atoms with E-state index in [1.165, 1.54) is 12.1 Å². The van der Waals surface area contributed by atoms with Crippen molar-refractivity contribution in [1.82, 2.24) is 14.6 Å². The third-order valence-corrected chi connectivity index (χ3v) is 6.89. The molecule has 2 N–H and O–H groups in total. The van der Waals surface area contributed by atoms with E-state index in [4.69, 9.17) is 16.7 Å². The highest BCUT2D eigenvalue weighted by Crippen LogP contribution is 2.24. The summed E-state index contributed by atoms with van der Waals surface area (Å²) in [6.45, 7) is 1.15. The molecule has 1 aliphatic rings. The topological polar surface area (TPSA) is 99.6 Å². The molecule has 1 saturated heterocycles. The summed E-state index contributed by atoms with van der Waals surface area (Å²) in [6.07, 6.45) is 7.76. The summed E-state index contributed by atoms with van der Waals surface area (Å²) in [6, 6.07) is 11.6. The first-order chi connectivity index (χ1) is 14.8. The number of likely N-dealkylation sites (tertiary alicyclic amines) is 1. The van der Waals surface area contributed by atoms with Crippen LogP contribution < -0.4 is 4.72 Å². The molecule has 0 amide bonds. The van der Waals surface area contributed by atoms with Gasteiger partial charge in [-0.1, -0.05) is 29.8 Å². The van der Waals surface area contributed by atoms with E-state index in [1.54, 1.807) is 18.3 Å². The normalized spacial score (nSPS) is 19.2. The lowest BCUT2D eigenvalue weighted by atomic mass is 10.1. The summed E-state index contributed by atoms with van der Waals surface area (Å²) in [5, 5.41) is 9.25. The van der Waals surface area contributed by atoms with Gasteiger partial charge in [0.15, 0.2) is 0 Å². The van der Waals surface area contributed by atoms with Crippen LogP contribution in [0.3, 0.4) is 0 Å². The van der Waals surface area contributed by atoms with E-state index in [2.05, 4.69) is 14.6 Å². The Hall–Kier alpha value is -1.97. The van der Waals surface area contributed by atoms with Crippen LogP contribution in [0.25, 0.3) is 0 Å². The van der Waals surface area contributed by atoms with Crippen molar-refractivity contribution in [3.05, 3.63) is 71.5 Å². The molecule has 1 aliphatic heterocycles. The van der Waals surface area contributed by atoms with Crippen molar-refractivity contribution < 1.29 is 18.3 Å². The molecule has 3 rings (SSSR count). The quantitative estimate of drug-likeness (QED) is 0.379. The van der Waals surface area contributed by atoms with Gasteiger partial charge in [-0.25, -0.2) is 13.1 Å². The van der Waals surface area contributed by atoms with Crippen LogP contribution in [0.15, 0.2) is 65.7 Å². The maximum Gasteiger partial charge on any atom is 0.303 e. The van der Waals surface area contributed by atoms with Gasteiger partial charge in [0.1, 0.15) is 0 Å². The number of carboxylic acids is 1. The van der Waals surface area contributed by atoms with Crippen LogP contribution in [-0.2, 0) is 21.4 Å². The van der Waals surface area contributed by atoms with Gasteiger partial charge in [0.25, 0.3) is 0 Å². The van der Waals surface area contributed by atoms with Crippen LogP contribution >= 0.6 is 24.0 Å². The zero-order valence-electron chi connectivity index (χ0n) is 17.4. The van der Waals surface area contributed by atoms with E-state index in [0.29, 0.717) is 37.4 Å². The van der Waals surface area contributed by atoms with Crippen molar-refractivity contribution >= 4 is 40.0 Å². The predicted molar refractivity (Wildman–Crippen MR) is 126 cm³/mol. The third-order valence-electron chi connectivity index (χ3n) is 5.11. The summed E-state index contributed by atoms with van der Waals surface area (Å²) in [7, 11) is -3.66. The number of carboxylic acid groups (broad SMARTS) is 1. The van der Waals surface area contributed by atoms with Gasteiger partial charge in [0.05, 0.1) is 10.6 Å². The van der Waals surface area contributed by atoms with Crippen LogP contribution in [-0.4, -0.2) is 48.0 Å². The number of unbranched alkanes of at least 4 members (excludes halogenated alkanes) is 1. The number of aliphatic carboxylic acids is 1. The molecule has 1 fully saturated rings. The number of benzene rings is 1. The average Bonchev–Trinajstić information content (AvgIpc) is 3.08. The Labute approximate surface area is 200 Å². The van der Waals surface area contributed by atoms with Gasteiger partial charge in [-0.3, -0.25) is 14.7 Å². The summed E-state index contributed by atoms with van der Waals surface area (Å²) in [5.74, 6) is -0.803. The van der Waals surface area contributed by atoms with Crippen molar-refractivity contribution in [1.29, 1.82) is 0 Å². The van der Waals surface area contributed by atoms with Crippen molar-refractivity contribution in [2.75, 3.05) is 6.54 Å². The van der Waals surface area contributed by atoms with Crippen LogP contribution in [0.1, 0.15) is 31.4 Å². The van der Waals surface area contributed by atoms with Crippen molar-refractivity contribution in [3.63, 3.8) is 0 Å². The number of halogens is 2. The van der Waals surface area contributed by atoms with Crippen LogP contribution in [0.2, 0.25) is 5.02 Å². The van der Waals surface area contributed by atoms with E-state index < -0.39 is 16.0 Å². The molecular weight excluding hydrogens is 473 g/mol. The van der Waals surface area contributed by atoms with Crippen molar-refractivity contribution in [2.45, 2.75) is 49.2 Å². The molecule has 174 valence electrons. The standard InChI is InChI=1S/C22H26ClN3O4S.ClH/c23-17-9-11-21(12-10-17)31(29,30)25-19-14-20(7-2-1-3-8-22(27)28)26(16-19)15-18-6-4-5-13-24-18;/h2,4-7,9-13,19-20,25H,1,3,8,14-16H2,(H,27,28);1H/b7-2-;/t19-,20-;/m1./s1. The third kappa shape index (κ3) is 7.86. The fraction of sp³-hybridized carbons (Fsp3) is 0.364. The van der Waals surface area contributed by atoms with Gasteiger partial charge in [-0.05, 0) is 55.7 Å². The molecule has 2 atom stereocenters. The van der Waals surface area contributed by atoms with Crippen LogP contribution in [0.5, 0.6) is 0 Å². The number of hydrogen-bond donors (Lipinski definition) is 2. The lowest BCUT2D eigenvalue weighted by molar-refractivity contribution is -0.137. The lowest BCUT2D eigenvalue weighted by Crippen LogP contribution is -2.37.